The molecule has 2 aromatic rings. The van der Waals surface area contributed by atoms with E-state index in [1.807, 2.05) is 6.92 Å². The normalized spacial score (nSPS) is 17.1. The molecule has 3 rings (SSSR count). The molecule has 0 aliphatic carbocycles. The number of aliphatic imine (C=N–C) groups is 1. The lowest BCUT2D eigenvalue weighted by Crippen LogP contribution is -2.45. The van der Waals surface area contributed by atoms with Crippen LogP contribution in [-0.4, -0.2) is 40.3 Å². The highest BCUT2D eigenvalue weighted by Crippen LogP contribution is 2.30. The third-order valence-corrected chi connectivity index (χ3v) is 6.59. The van der Waals surface area contributed by atoms with Gasteiger partial charge in [0.05, 0.1) is 12.3 Å². The minimum Gasteiger partial charge on any atom is -0.494 e. The Balaban J connectivity index is 1.72. The number of unbranched alkanes of at least 4 members (excludes halogenated alkanes) is 4. The molecule has 6 nitrogen and oxygen atoms in total. The number of hydrogen-bond donors (Lipinski definition) is 1. The number of amidine groups is 1. The van der Waals surface area contributed by atoms with Crippen LogP contribution in [0.15, 0.2) is 53.5 Å². The molecule has 0 bridgehead atoms. The van der Waals surface area contributed by atoms with Crippen LogP contribution in [0, 0.1) is 5.82 Å². The van der Waals surface area contributed by atoms with E-state index in [2.05, 4.69) is 17.2 Å². The minimum atomic E-state index is -0.602. The summed E-state index contributed by atoms with van der Waals surface area (Å²) < 4.78 is 18.8. The van der Waals surface area contributed by atoms with Gasteiger partial charge in [0, 0.05) is 18.7 Å². The van der Waals surface area contributed by atoms with Gasteiger partial charge in [-0.05, 0) is 61.9 Å². The van der Waals surface area contributed by atoms with Gasteiger partial charge in [-0.25, -0.2) is 9.38 Å². The molecule has 0 spiro atoms. The highest BCUT2D eigenvalue weighted by atomic mass is 32.2. The molecule has 1 N–H and O–H groups in total. The van der Waals surface area contributed by atoms with Crippen molar-refractivity contribution >= 4 is 40.1 Å². The number of amides is 2. The molecule has 1 fully saturated rings. The number of benzene rings is 2. The van der Waals surface area contributed by atoms with Gasteiger partial charge in [-0.1, -0.05) is 44.4 Å². The van der Waals surface area contributed by atoms with E-state index in [9.17, 15) is 14.0 Å². The third kappa shape index (κ3) is 7.58. The van der Waals surface area contributed by atoms with Gasteiger partial charge in [-0.2, -0.15) is 0 Å². The highest BCUT2D eigenvalue weighted by molar-refractivity contribution is 8.15. The van der Waals surface area contributed by atoms with Gasteiger partial charge in [0.25, 0.3) is 0 Å². The summed E-state index contributed by atoms with van der Waals surface area (Å²) in [5.41, 5.74) is 1.18. The standard InChI is InChI=1S/C26H32FN3O3S/c1-3-5-6-7-8-17-30-24(31)18-23(34-26(30)29-21-11-9-19(27)10-12-21)25(32)28-20-13-15-22(16-14-20)33-4-2/h9-16,23H,3-8,17-18H2,1-2H3,(H,28,32). The van der Waals surface area contributed by atoms with Crippen LogP contribution < -0.4 is 10.1 Å². The number of hydrogen-bond acceptors (Lipinski definition) is 5. The smallest absolute Gasteiger partial charge is 0.238 e. The molecular weight excluding hydrogens is 453 g/mol. The number of carbonyl (C=O) groups excluding carboxylic acids is 2. The molecule has 34 heavy (non-hydrogen) atoms. The van der Waals surface area contributed by atoms with Crippen molar-refractivity contribution in [1.82, 2.24) is 4.90 Å². The topological polar surface area (TPSA) is 71.0 Å². The number of halogens is 1. The Bertz CT molecular complexity index is 980. The molecule has 8 heteroatoms. The number of rotatable bonds is 11. The quantitative estimate of drug-likeness (QED) is 0.387. The van der Waals surface area contributed by atoms with Crippen molar-refractivity contribution in [3.05, 3.63) is 54.3 Å². The maximum Gasteiger partial charge on any atom is 0.238 e. The number of anilines is 1. The van der Waals surface area contributed by atoms with E-state index >= 15 is 0 Å². The summed E-state index contributed by atoms with van der Waals surface area (Å²) in [6.45, 7) is 5.20. The first kappa shape index (κ1) is 25.7. The van der Waals surface area contributed by atoms with E-state index in [4.69, 9.17) is 4.74 Å². The monoisotopic (exact) mass is 485 g/mol. The van der Waals surface area contributed by atoms with E-state index in [1.54, 1.807) is 41.3 Å². The van der Waals surface area contributed by atoms with E-state index in [0.29, 0.717) is 29.7 Å². The summed E-state index contributed by atoms with van der Waals surface area (Å²) >= 11 is 1.27. The van der Waals surface area contributed by atoms with Gasteiger partial charge in [0.2, 0.25) is 11.8 Å². The summed E-state index contributed by atoms with van der Waals surface area (Å²) in [6.07, 6.45) is 5.47. The zero-order valence-electron chi connectivity index (χ0n) is 19.8. The van der Waals surface area contributed by atoms with Gasteiger partial charge in [-0.15, -0.1) is 0 Å². The fourth-order valence-electron chi connectivity index (χ4n) is 3.58. The molecule has 1 atom stereocenters. The number of ether oxygens (including phenoxy) is 1. The van der Waals surface area contributed by atoms with Crippen molar-refractivity contribution < 1.29 is 18.7 Å². The SMILES string of the molecule is CCCCCCCN1C(=O)CC(C(=O)Nc2ccc(OCC)cc2)SC1=Nc1ccc(F)cc1. The average molecular weight is 486 g/mol. The molecule has 182 valence electrons. The van der Waals surface area contributed by atoms with Crippen molar-refractivity contribution in [2.75, 3.05) is 18.5 Å². The predicted octanol–water partition coefficient (Wildman–Crippen LogP) is 6.16. The van der Waals surface area contributed by atoms with Crippen LogP contribution in [0.25, 0.3) is 0 Å². The largest absolute Gasteiger partial charge is 0.494 e. The summed E-state index contributed by atoms with van der Waals surface area (Å²) in [5, 5.41) is 2.76. The van der Waals surface area contributed by atoms with Crippen molar-refractivity contribution in [1.29, 1.82) is 0 Å². The fourth-order valence-corrected chi connectivity index (χ4v) is 4.71. The van der Waals surface area contributed by atoms with Crippen molar-refractivity contribution in [3.8, 4) is 5.75 Å². The molecule has 2 amide bonds. The first-order chi connectivity index (χ1) is 16.5. The maximum atomic E-state index is 13.3. The molecule has 1 heterocycles. The zero-order chi connectivity index (χ0) is 24.3. The van der Waals surface area contributed by atoms with Crippen LogP contribution in [0.1, 0.15) is 52.4 Å². The van der Waals surface area contributed by atoms with Crippen LogP contribution in [0.2, 0.25) is 0 Å². The first-order valence-corrected chi connectivity index (χ1v) is 12.7. The molecule has 1 aliphatic rings. The van der Waals surface area contributed by atoms with Gasteiger partial charge < -0.3 is 10.1 Å². The van der Waals surface area contributed by atoms with Crippen molar-refractivity contribution in [3.63, 3.8) is 0 Å². The summed E-state index contributed by atoms with van der Waals surface area (Å²) in [4.78, 5) is 32.3. The summed E-state index contributed by atoms with van der Waals surface area (Å²) in [5.74, 6) is 0.00147. The first-order valence-electron chi connectivity index (χ1n) is 11.8. The van der Waals surface area contributed by atoms with Gasteiger partial charge in [0.15, 0.2) is 5.17 Å². The Labute approximate surface area is 205 Å². The second-order valence-corrected chi connectivity index (χ2v) is 9.26. The molecule has 0 aromatic heterocycles. The lowest BCUT2D eigenvalue weighted by Gasteiger charge is -2.32. The minimum absolute atomic E-state index is 0.102. The van der Waals surface area contributed by atoms with E-state index in [1.165, 1.54) is 30.3 Å². The van der Waals surface area contributed by atoms with E-state index < -0.39 is 5.25 Å². The van der Waals surface area contributed by atoms with Gasteiger partial charge in [-0.3, -0.25) is 14.5 Å². The van der Waals surface area contributed by atoms with E-state index in [-0.39, 0.29) is 24.1 Å². The Hall–Kier alpha value is -2.87. The van der Waals surface area contributed by atoms with Crippen molar-refractivity contribution in [2.24, 2.45) is 4.99 Å². The van der Waals surface area contributed by atoms with Crippen LogP contribution in [0.3, 0.4) is 0 Å². The molecule has 1 saturated heterocycles. The van der Waals surface area contributed by atoms with Crippen LogP contribution in [-0.2, 0) is 9.59 Å². The molecular formula is C26H32FN3O3S. The molecule has 1 unspecified atom stereocenters. The second kappa shape index (κ2) is 13.1. The Morgan fingerprint density at radius 3 is 2.47 bits per heavy atom. The lowest BCUT2D eigenvalue weighted by molar-refractivity contribution is -0.129. The molecule has 1 aliphatic heterocycles. The zero-order valence-corrected chi connectivity index (χ0v) is 20.6. The summed E-state index contributed by atoms with van der Waals surface area (Å²) in [7, 11) is 0. The highest BCUT2D eigenvalue weighted by Gasteiger charge is 2.35. The Kier molecular flexibility index (Phi) is 9.94. The fraction of sp³-hybridized carbons (Fsp3) is 0.423. The van der Waals surface area contributed by atoms with Gasteiger partial charge in [0.1, 0.15) is 16.8 Å². The number of carbonyl (C=O) groups is 2. The number of thioether (sulfide) groups is 1. The predicted molar refractivity (Wildman–Crippen MR) is 136 cm³/mol. The van der Waals surface area contributed by atoms with E-state index in [0.717, 1.165) is 31.4 Å². The molecule has 2 aromatic carbocycles. The Morgan fingerprint density at radius 2 is 1.79 bits per heavy atom. The molecule has 0 radical (unpaired) electrons. The number of nitrogens with one attached hydrogen (secondary N) is 1. The second-order valence-electron chi connectivity index (χ2n) is 8.09. The van der Waals surface area contributed by atoms with Gasteiger partial charge >= 0.3 is 0 Å². The number of nitrogens with zero attached hydrogens (tertiary/aromatic N) is 2. The van der Waals surface area contributed by atoms with Crippen LogP contribution in [0.5, 0.6) is 5.75 Å². The molecule has 0 saturated carbocycles. The lowest BCUT2D eigenvalue weighted by atomic mass is 10.1. The van der Waals surface area contributed by atoms with Crippen LogP contribution in [0.4, 0.5) is 15.8 Å². The third-order valence-electron chi connectivity index (χ3n) is 5.40. The Morgan fingerprint density at radius 1 is 1.09 bits per heavy atom. The van der Waals surface area contributed by atoms with Crippen LogP contribution >= 0.6 is 11.8 Å². The van der Waals surface area contributed by atoms with Crippen molar-refractivity contribution in [2.45, 2.75) is 57.6 Å². The maximum absolute atomic E-state index is 13.3. The average Bonchev–Trinajstić information content (AvgIpc) is 2.83. The summed E-state index contributed by atoms with van der Waals surface area (Å²) in [6, 6.07) is 12.9.